The van der Waals surface area contributed by atoms with Crippen molar-refractivity contribution < 1.29 is 14.3 Å². The van der Waals surface area contributed by atoms with Crippen LogP contribution in [0.15, 0.2) is 24.3 Å². The molecule has 1 aliphatic heterocycles. The summed E-state index contributed by atoms with van der Waals surface area (Å²) in [5.41, 5.74) is 1.01. The van der Waals surface area contributed by atoms with Crippen LogP contribution in [0, 0.1) is 0 Å². The van der Waals surface area contributed by atoms with Gasteiger partial charge in [-0.15, -0.1) is 0 Å². The Kier molecular flexibility index (Phi) is 5.62. The van der Waals surface area contributed by atoms with E-state index in [2.05, 4.69) is 4.74 Å². The summed E-state index contributed by atoms with van der Waals surface area (Å²) in [5.74, 6) is -0.187. The third-order valence-corrected chi connectivity index (χ3v) is 4.18. The number of esters is 1. The van der Waals surface area contributed by atoms with Crippen LogP contribution >= 0.6 is 11.6 Å². The molecule has 2 rings (SSSR count). The normalized spacial score (nSPS) is 17.8. The zero-order chi connectivity index (χ0) is 15.2. The maximum Gasteiger partial charge on any atom is 0.305 e. The van der Waals surface area contributed by atoms with E-state index >= 15 is 0 Å². The number of likely N-dealkylation sites (tertiary alicyclic amines) is 1. The van der Waals surface area contributed by atoms with Crippen molar-refractivity contribution in [3.63, 3.8) is 0 Å². The molecule has 1 atom stereocenters. The zero-order valence-corrected chi connectivity index (χ0v) is 12.9. The number of ether oxygens (including phenoxy) is 1. The van der Waals surface area contributed by atoms with Gasteiger partial charge in [0, 0.05) is 24.4 Å². The van der Waals surface area contributed by atoms with E-state index in [0.29, 0.717) is 17.9 Å². The van der Waals surface area contributed by atoms with Gasteiger partial charge >= 0.3 is 5.97 Å². The van der Waals surface area contributed by atoms with Crippen LogP contribution in [0.3, 0.4) is 0 Å². The molecule has 1 fully saturated rings. The number of halogens is 1. The number of hydrogen-bond donors (Lipinski definition) is 0. The molecule has 1 aliphatic rings. The van der Waals surface area contributed by atoms with Crippen molar-refractivity contribution in [1.82, 2.24) is 4.90 Å². The number of benzene rings is 1. The van der Waals surface area contributed by atoms with Gasteiger partial charge in [0.2, 0.25) is 5.91 Å². The summed E-state index contributed by atoms with van der Waals surface area (Å²) >= 11 is 6.24. The predicted molar refractivity (Wildman–Crippen MR) is 81.0 cm³/mol. The summed E-state index contributed by atoms with van der Waals surface area (Å²) in [6.45, 7) is 0.757. The maximum absolute atomic E-state index is 12.3. The Morgan fingerprint density at radius 3 is 2.81 bits per heavy atom. The summed E-state index contributed by atoms with van der Waals surface area (Å²) in [6.07, 6.45) is 3.10. The van der Waals surface area contributed by atoms with Gasteiger partial charge < -0.3 is 9.64 Å². The number of hydrogen-bond acceptors (Lipinski definition) is 3. The van der Waals surface area contributed by atoms with Crippen molar-refractivity contribution in [2.45, 2.75) is 38.1 Å². The van der Waals surface area contributed by atoms with E-state index in [4.69, 9.17) is 11.6 Å². The van der Waals surface area contributed by atoms with Crippen molar-refractivity contribution in [1.29, 1.82) is 0 Å². The zero-order valence-electron chi connectivity index (χ0n) is 12.2. The van der Waals surface area contributed by atoms with E-state index in [1.807, 2.05) is 29.2 Å². The lowest BCUT2D eigenvalue weighted by Crippen LogP contribution is -2.30. The molecule has 0 aromatic heterocycles. The van der Waals surface area contributed by atoms with E-state index in [1.54, 1.807) is 0 Å². The third-order valence-electron chi connectivity index (χ3n) is 3.84. The van der Waals surface area contributed by atoms with Gasteiger partial charge in [0.15, 0.2) is 0 Å². The molecule has 1 heterocycles. The van der Waals surface area contributed by atoms with E-state index < -0.39 is 0 Å². The van der Waals surface area contributed by atoms with E-state index in [9.17, 15) is 9.59 Å². The largest absolute Gasteiger partial charge is 0.469 e. The highest BCUT2D eigenvalue weighted by Gasteiger charge is 2.30. The third kappa shape index (κ3) is 3.97. The van der Waals surface area contributed by atoms with Gasteiger partial charge in [0.1, 0.15) is 0 Å². The van der Waals surface area contributed by atoms with Crippen LogP contribution in [0.1, 0.15) is 43.7 Å². The molecule has 0 N–H and O–H groups in total. The van der Waals surface area contributed by atoms with Gasteiger partial charge in [0.05, 0.1) is 13.2 Å². The van der Waals surface area contributed by atoms with Crippen LogP contribution in [0.4, 0.5) is 0 Å². The molecule has 1 aromatic carbocycles. The highest BCUT2D eigenvalue weighted by atomic mass is 35.5. The van der Waals surface area contributed by atoms with Crippen LogP contribution in [0.25, 0.3) is 0 Å². The summed E-state index contributed by atoms with van der Waals surface area (Å²) in [6, 6.07) is 7.73. The summed E-state index contributed by atoms with van der Waals surface area (Å²) < 4.78 is 4.58. The van der Waals surface area contributed by atoms with Gasteiger partial charge in [-0.3, -0.25) is 9.59 Å². The Bertz CT molecular complexity index is 518. The second-order valence-electron chi connectivity index (χ2n) is 5.20. The number of nitrogens with zero attached hydrogens (tertiary/aromatic N) is 1. The second-order valence-corrected chi connectivity index (χ2v) is 5.60. The van der Waals surface area contributed by atoms with Crippen molar-refractivity contribution in [3.8, 4) is 0 Å². The minimum atomic E-state index is -0.271. The first-order valence-corrected chi connectivity index (χ1v) is 7.62. The monoisotopic (exact) mass is 309 g/mol. The number of methoxy groups -OCH3 is 1. The van der Waals surface area contributed by atoms with Gasteiger partial charge in [-0.05, 0) is 30.9 Å². The molecule has 21 heavy (non-hydrogen) atoms. The predicted octanol–water partition coefficient (Wildman–Crippen LogP) is 3.35. The first kappa shape index (κ1) is 15.8. The average Bonchev–Trinajstić information content (AvgIpc) is 2.96. The van der Waals surface area contributed by atoms with Crippen LogP contribution in [0.2, 0.25) is 5.02 Å². The molecule has 0 aliphatic carbocycles. The number of amides is 1. The quantitative estimate of drug-likeness (QED) is 0.784. The average molecular weight is 310 g/mol. The topological polar surface area (TPSA) is 46.6 Å². The molecule has 0 bridgehead atoms. The van der Waals surface area contributed by atoms with Gasteiger partial charge in [-0.1, -0.05) is 29.8 Å². The van der Waals surface area contributed by atoms with E-state index in [1.165, 1.54) is 7.11 Å². The first-order valence-electron chi connectivity index (χ1n) is 7.24. The van der Waals surface area contributed by atoms with E-state index in [-0.39, 0.29) is 24.3 Å². The van der Waals surface area contributed by atoms with Crippen molar-refractivity contribution in [2.75, 3.05) is 13.7 Å². The van der Waals surface area contributed by atoms with Gasteiger partial charge in [0.25, 0.3) is 0 Å². The van der Waals surface area contributed by atoms with Gasteiger partial charge in [-0.2, -0.15) is 0 Å². The minimum Gasteiger partial charge on any atom is -0.469 e. The standard InChI is InChI=1S/C16H20ClNO3/c1-21-16(20)10-4-9-15(19)18-11-5-8-14(18)12-6-2-3-7-13(12)17/h2-3,6-7,14H,4-5,8-11H2,1H3. The molecule has 0 spiro atoms. The summed E-state index contributed by atoms with van der Waals surface area (Å²) in [5, 5.41) is 0.705. The Morgan fingerprint density at radius 1 is 1.33 bits per heavy atom. The van der Waals surface area contributed by atoms with Crippen molar-refractivity contribution >= 4 is 23.5 Å². The molecule has 114 valence electrons. The molecule has 0 saturated carbocycles. The molecule has 4 nitrogen and oxygen atoms in total. The number of rotatable bonds is 5. The fourth-order valence-corrected chi connectivity index (χ4v) is 3.03. The molecular weight excluding hydrogens is 290 g/mol. The number of carbonyl (C=O) groups is 2. The molecule has 1 unspecified atom stereocenters. The Balaban J connectivity index is 1.97. The Labute approximate surface area is 130 Å². The molecule has 5 heteroatoms. The van der Waals surface area contributed by atoms with Crippen LogP contribution in [-0.2, 0) is 14.3 Å². The molecular formula is C16H20ClNO3. The van der Waals surface area contributed by atoms with Crippen LogP contribution in [0.5, 0.6) is 0 Å². The van der Waals surface area contributed by atoms with Crippen molar-refractivity contribution in [3.05, 3.63) is 34.9 Å². The Hall–Kier alpha value is -1.55. The second kappa shape index (κ2) is 7.46. The summed E-state index contributed by atoms with van der Waals surface area (Å²) in [4.78, 5) is 25.3. The first-order chi connectivity index (χ1) is 10.1. The lowest BCUT2D eigenvalue weighted by atomic mass is 10.0. The van der Waals surface area contributed by atoms with Crippen molar-refractivity contribution in [2.24, 2.45) is 0 Å². The van der Waals surface area contributed by atoms with E-state index in [0.717, 1.165) is 24.9 Å². The summed E-state index contributed by atoms with van der Waals surface area (Å²) in [7, 11) is 1.36. The lowest BCUT2D eigenvalue weighted by molar-refractivity contribution is -0.140. The maximum atomic E-state index is 12.3. The molecule has 1 saturated heterocycles. The lowest BCUT2D eigenvalue weighted by Gasteiger charge is -2.26. The SMILES string of the molecule is COC(=O)CCCC(=O)N1CCCC1c1ccccc1Cl. The van der Waals surface area contributed by atoms with Gasteiger partial charge in [-0.25, -0.2) is 0 Å². The Morgan fingerprint density at radius 2 is 2.10 bits per heavy atom. The molecule has 0 radical (unpaired) electrons. The smallest absolute Gasteiger partial charge is 0.305 e. The highest BCUT2D eigenvalue weighted by molar-refractivity contribution is 6.31. The highest BCUT2D eigenvalue weighted by Crippen LogP contribution is 2.36. The molecule has 1 amide bonds. The minimum absolute atomic E-state index is 0.0596. The fraction of sp³-hybridized carbons (Fsp3) is 0.500. The van der Waals surface area contributed by atoms with Crippen LogP contribution in [-0.4, -0.2) is 30.4 Å². The fourth-order valence-electron chi connectivity index (χ4n) is 2.76. The molecule has 1 aromatic rings. The number of carbonyl (C=O) groups excluding carboxylic acids is 2. The van der Waals surface area contributed by atoms with Crippen LogP contribution < -0.4 is 0 Å².